The van der Waals surface area contributed by atoms with Gasteiger partial charge in [0, 0.05) is 16.9 Å². The summed E-state index contributed by atoms with van der Waals surface area (Å²) in [5.41, 5.74) is 0.670. The largest absolute Gasteiger partial charge is 0.291 e. The first-order valence-corrected chi connectivity index (χ1v) is 5.00. The van der Waals surface area contributed by atoms with Gasteiger partial charge in [0.25, 0.3) is 5.91 Å². The smallest absolute Gasteiger partial charge is 0.262 e. The van der Waals surface area contributed by atoms with Gasteiger partial charge in [0.05, 0.1) is 5.56 Å². The normalized spacial score (nSPS) is 10.1. The number of hydrogen-bond acceptors (Lipinski definition) is 1. The van der Waals surface area contributed by atoms with Gasteiger partial charge in [-0.3, -0.25) is 9.36 Å². The molecule has 0 saturated carbocycles. The van der Waals surface area contributed by atoms with E-state index in [1.54, 1.807) is 23.0 Å². The van der Waals surface area contributed by atoms with Crippen molar-refractivity contribution in [1.82, 2.24) is 4.57 Å². The molecular formula is C11H8BrNO. The Kier molecular flexibility index (Phi) is 2.50. The Bertz CT molecular complexity index is 448. The molecule has 0 aliphatic rings. The van der Waals surface area contributed by atoms with Crippen molar-refractivity contribution in [1.29, 1.82) is 0 Å². The van der Waals surface area contributed by atoms with Crippen LogP contribution >= 0.6 is 15.9 Å². The molecule has 0 fully saturated rings. The van der Waals surface area contributed by atoms with Gasteiger partial charge in [-0.15, -0.1) is 0 Å². The molecule has 14 heavy (non-hydrogen) atoms. The zero-order valence-electron chi connectivity index (χ0n) is 7.35. The molecule has 0 N–H and O–H groups in total. The van der Waals surface area contributed by atoms with Crippen molar-refractivity contribution in [3.05, 3.63) is 58.8 Å². The van der Waals surface area contributed by atoms with Gasteiger partial charge in [0.15, 0.2) is 0 Å². The number of hydrogen-bond donors (Lipinski definition) is 0. The Balaban J connectivity index is 2.42. The summed E-state index contributed by atoms with van der Waals surface area (Å²) in [5.74, 6) is -0.0255. The summed E-state index contributed by atoms with van der Waals surface area (Å²) in [6.07, 6.45) is 3.48. The number of halogens is 1. The minimum absolute atomic E-state index is 0.0255. The van der Waals surface area contributed by atoms with Gasteiger partial charge in [-0.2, -0.15) is 0 Å². The number of aromatic nitrogens is 1. The van der Waals surface area contributed by atoms with Crippen LogP contribution in [0.4, 0.5) is 0 Å². The molecule has 0 amide bonds. The Morgan fingerprint density at radius 2 is 1.71 bits per heavy atom. The van der Waals surface area contributed by atoms with Gasteiger partial charge in [-0.25, -0.2) is 0 Å². The van der Waals surface area contributed by atoms with E-state index in [0.29, 0.717) is 5.56 Å². The lowest BCUT2D eigenvalue weighted by Gasteiger charge is -2.03. The van der Waals surface area contributed by atoms with E-state index in [2.05, 4.69) is 15.9 Å². The zero-order chi connectivity index (χ0) is 9.97. The van der Waals surface area contributed by atoms with Crippen molar-refractivity contribution in [2.24, 2.45) is 0 Å². The lowest BCUT2D eigenvalue weighted by molar-refractivity contribution is 0.0959. The Morgan fingerprint density at radius 3 is 2.36 bits per heavy atom. The molecule has 0 saturated heterocycles. The number of rotatable bonds is 1. The minimum atomic E-state index is -0.0255. The van der Waals surface area contributed by atoms with Gasteiger partial charge < -0.3 is 0 Å². The summed E-state index contributed by atoms with van der Waals surface area (Å²) < 4.78 is 2.37. The van der Waals surface area contributed by atoms with Crippen LogP contribution in [0.5, 0.6) is 0 Å². The van der Waals surface area contributed by atoms with Crippen molar-refractivity contribution in [3.63, 3.8) is 0 Å². The van der Waals surface area contributed by atoms with Crippen LogP contribution in [0.3, 0.4) is 0 Å². The third kappa shape index (κ3) is 1.63. The lowest BCUT2D eigenvalue weighted by Crippen LogP contribution is -2.09. The first kappa shape index (κ1) is 9.21. The fraction of sp³-hybridized carbons (Fsp3) is 0. The van der Waals surface area contributed by atoms with E-state index < -0.39 is 0 Å². The van der Waals surface area contributed by atoms with E-state index in [-0.39, 0.29) is 5.91 Å². The van der Waals surface area contributed by atoms with Gasteiger partial charge >= 0.3 is 0 Å². The maximum absolute atomic E-state index is 11.9. The molecule has 3 heteroatoms. The highest BCUT2D eigenvalue weighted by molar-refractivity contribution is 9.10. The molecule has 1 aromatic carbocycles. The van der Waals surface area contributed by atoms with Crippen LogP contribution in [0.1, 0.15) is 10.4 Å². The molecule has 2 rings (SSSR count). The summed E-state index contributed by atoms with van der Waals surface area (Å²) >= 11 is 3.35. The summed E-state index contributed by atoms with van der Waals surface area (Å²) in [5, 5.41) is 0. The fourth-order valence-electron chi connectivity index (χ4n) is 1.24. The Labute approximate surface area is 90.3 Å². The van der Waals surface area contributed by atoms with E-state index in [0.717, 1.165) is 4.47 Å². The molecule has 0 spiro atoms. The van der Waals surface area contributed by atoms with E-state index >= 15 is 0 Å². The monoisotopic (exact) mass is 249 g/mol. The number of carbonyl (C=O) groups is 1. The molecule has 0 unspecified atom stereocenters. The van der Waals surface area contributed by atoms with E-state index in [9.17, 15) is 4.79 Å². The van der Waals surface area contributed by atoms with Crippen LogP contribution in [-0.4, -0.2) is 10.5 Å². The van der Waals surface area contributed by atoms with Gasteiger partial charge in [0.2, 0.25) is 0 Å². The maximum atomic E-state index is 11.9. The van der Waals surface area contributed by atoms with Gasteiger partial charge in [-0.05, 0) is 40.2 Å². The molecule has 1 heterocycles. The van der Waals surface area contributed by atoms with Crippen molar-refractivity contribution >= 4 is 21.8 Å². The third-order valence-corrected chi connectivity index (χ3v) is 2.63. The molecule has 2 nitrogen and oxygen atoms in total. The molecule has 70 valence electrons. The van der Waals surface area contributed by atoms with Crippen LogP contribution in [0.25, 0.3) is 0 Å². The highest BCUT2D eigenvalue weighted by Gasteiger charge is 2.09. The quantitative estimate of drug-likeness (QED) is 0.762. The van der Waals surface area contributed by atoms with Crippen LogP contribution in [-0.2, 0) is 0 Å². The van der Waals surface area contributed by atoms with Crippen molar-refractivity contribution in [2.75, 3.05) is 0 Å². The first-order valence-electron chi connectivity index (χ1n) is 4.21. The second kappa shape index (κ2) is 3.80. The SMILES string of the molecule is O=C(c1ccccc1Br)n1cccc1. The van der Waals surface area contributed by atoms with Crippen LogP contribution < -0.4 is 0 Å². The molecule has 2 aromatic rings. The predicted molar refractivity (Wildman–Crippen MR) is 58.3 cm³/mol. The number of nitrogens with zero attached hydrogens (tertiary/aromatic N) is 1. The van der Waals surface area contributed by atoms with Crippen molar-refractivity contribution in [3.8, 4) is 0 Å². The van der Waals surface area contributed by atoms with Gasteiger partial charge in [-0.1, -0.05) is 12.1 Å². The average Bonchev–Trinajstić information content (AvgIpc) is 2.70. The van der Waals surface area contributed by atoms with E-state index in [4.69, 9.17) is 0 Å². The fourth-order valence-corrected chi connectivity index (χ4v) is 1.70. The Morgan fingerprint density at radius 1 is 1.07 bits per heavy atom. The average molecular weight is 250 g/mol. The topological polar surface area (TPSA) is 22.0 Å². The number of benzene rings is 1. The second-order valence-electron chi connectivity index (χ2n) is 2.88. The maximum Gasteiger partial charge on any atom is 0.262 e. The highest BCUT2D eigenvalue weighted by Crippen LogP contribution is 2.16. The Hall–Kier alpha value is -1.35. The molecule has 0 aliphatic carbocycles. The highest BCUT2D eigenvalue weighted by atomic mass is 79.9. The molecule has 1 aromatic heterocycles. The van der Waals surface area contributed by atoms with Crippen LogP contribution in [0, 0.1) is 0 Å². The molecule has 0 bridgehead atoms. The predicted octanol–water partition coefficient (Wildman–Crippen LogP) is 2.94. The van der Waals surface area contributed by atoms with Crippen molar-refractivity contribution < 1.29 is 4.79 Å². The summed E-state index contributed by atoms with van der Waals surface area (Å²) in [6, 6.07) is 11.0. The van der Waals surface area contributed by atoms with E-state index in [1.807, 2.05) is 30.3 Å². The summed E-state index contributed by atoms with van der Waals surface area (Å²) in [4.78, 5) is 11.9. The molecular weight excluding hydrogens is 242 g/mol. The zero-order valence-corrected chi connectivity index (χ0v) is 8.94. The third-order valence-electron chi connectivity index (χ3n) is 1.94. The minimum Gasteiger partial charge on any atom is -0.291 e. The molecule has 0 radical (unpaired) electrons. The summed E-state index contributed by atoms with van der Waals surface area (Å²) in [6.45, 7) is 0. The van der Waals surface area contributed by atoms with Crippen LogP contribution in [0.2, 0.25) is 0 Å². The van der Waals surface area contributed by atoms with E-state index in [1.165, 1.54) is 0 Å². The molecule has 0 atom stereocenters. The lowest BCUT2D eigenvalue weighted by atomic mass is 10.2. The van der Waals surface area contributed by atoms with Crippen LogP contribution in [0.15, 0.2) is 53.3 Å². The standard InChI is InChI=1S/C11H8BrNO/c12-10-6-2-1-5-9(10)11(14)13-7-3-4-8-13/h1-8H. The first-order chi connectivity index (χ1) is 6.79. The molecule has 0 aliphatic heterocycles. The summed E-state index contributed by atoms with van der Waals surface area (Å²) in [7, 11) is 0. The van der Waals surface area contributed by atoms with Crippen molar-refractivity contribution in [2.45, 2.75) is 0 Å². The van der Waals surface area contributed by atoms with Gasteiger partial charge in [0.1, 0.15) is 0 Å². The number of carbonyl (C=O) groups excluding carboxylic acids is 1. The second-order valence-corrected chi connectivity index (χ2v) is 3.73.